The largest absolute Gasteiger partial charge is 0.494 e. The van der Waals surface area contributed by atoms with Crippen LogP contribution in [0.2, 0.25) is 0 Å². The number of morpholine rings is 1. The second-order valence-electron chi connectivity index (χ2n) is 5.44. The smallest absolute Gasteiger partial charge is 0.251 e. The predicted molar refractivity (Wildman–Crippen MR) is 86.4 cm³/mol. The van der Waals surface area contributed by atoms with E-state index in [1.807, 2.05) is 24.3 Å². The van der Waals surface area contributed by atoms with Crippen molar-refractivity contribution in [1.29, 1.82) is 0 Å². The molecular weight excluding hydrogens is 280 g/mol. The van der Waals surface area contributed by atoms with Gasteiger partial charge in [-0.05, 0) is 43.7 Å². The van der Waals surface area contributed by atoms with E-state index in [-0.39, 0.29) is 5.91 Å². The van der Waals surface area contributed by atoms with E-state index in [1.165, 1.54) is 0 Å². The first-order valence-corrected chi connectivity index (χ1v) is 8.10. The molecule has 122 valence electrons. The van der Waals surface area contributed by atoms with Crippen LogP contribution >= 0.6 is 0 Å². The summed E-state index contributed by atoms with van der Waals surface area (Å²) >= 11 is 0. The maximum absolute atomic E-state index is 12.0. The summed E-state index contributed by atoms with van der Waals surface area (Å²) in [6, 6.07) is 7.31. The Morgan fingerprint density at radius 1 is 1.27 bits per heavy atom. The van der Waals surface area contributed by atoms with Gasteiger partial charge in [0.25, 0.3) is 5.91 Å². The molecule has 0 atom stereocenters. The molecule has 0 bridgehead atoms. The fraction of sp³-hybridized carbons (Fsp3) is 0.588. The standard InChI is InChI=1S/C17H26N2O3/c1-2-12-22-16-6-4-15(5-7-16)17(20)18-8-3-9-19-10-13-21-14-11-19/h4-7H,2-3,8-14H2,1H3,(H,18,20). The van der Waals surface area contributed by atoms with Crippen LogP contribution in [0.1, 0.15) is 30.1 Å². The molecule has 1 saturated heterocycles. The third kappa shape index (κ3) is 5.66. The van der Waals surface area contributed by atoms with Gasteiger partial charge in [0.1, 0.15) is 5.75 Å². The van der Waals surface area contributed by atoms with Crippen molar-refractivity contribution in [2.75, 3.05) is 46.0 Å². The van der Waals surface area contributed by atoms with Gasteiger partial charge >= 0.3 is 0 Å². The topological polar surface area (TPSA) is 50.8 Å². The van der Waals surface area contributed by atoms with Gasteiger partial charge < -0.3 is 14.8 Å². The molecule has 22 heavy (non-hydrogen) atoms. The van der Waals surface area contributed by atoms with Gasteiger partial charge in [0.15, 0.2) is 0 Å². The van der Waals surface area contributed by atoms with E-state index in [4.69, 9.17) is 9.47 Å². The Balaban J connectivity index is 1.65. The maximum atomic E-state index is 12.0. The molecule has 1 aromatic rings. The second-order valence-corrected chi connectivity index (χ2v) is 5.44. The molecule has 1 aromatic carbocycles. The molecule has 1 aliphatic heterocycles. The molecule has 1 amide bonds. The van der Waals surface area contributed by atoms with E-state index >= 15 is 0 Å². The number of hydrogen-bond donors (Lipinski definition) is 1. The van der Waals surface area contributed by atoms with Gasteiger partial charge in [0, 0.05) is 25.2 Å². The van der Waals surface area contributed by atoms with Crippen LogP contribution in [-0.2, 0) is 4.74 Å². The highest BCUT2D eigenvalue weighted by molar-refractivity contribution is 5.94. The van der Waals surface area contributed by atoms with Crippen LogP contribution in [0.4, 0.5) is 0 Å². The van der Waals surface area contributed by atoms with Crippen molar-refractivity contribution in [3.63, 3.8) is 0 Å². The predicted octanol–water partition coefficient (Wildman–Crippen LogP) is 1.93. The number of benzene rings is 1. The molecule has 1 aliphatic rings. The number of ether oxygens (including phenoxy) is 2. The number of hydrogen-bond acceptors (Lipinski definition) is 4. The third-order valence-electron chi connectivity index (χ3n) is 3.63. The molecule has 0 aliphatic carbocycles. The number of carbonyl (C=O) groups is 1. The van der Waals surface area contributed by atoms with Crippen LogP contribution < -0.4 is 10.1 Å². The Bertz CT molecular complexity index is 442. The van der Waals surface area contributed by atoms with Crippen LogP contribution in [0.3, 0.4) is 0 Å². The normalized spacial score (nSPS) is 15.5. The Morgan fingerprint density at radius 3 is 2.68 bits per heavy atom. The average molecular weight is 306 g/mol. The van der Waals surface area contributed by atoms with Gasteiger partial charge in [0.2, 0.25) is 0 Å². The van der Waals surface area contributed by atoms with Crippen LogP contribution in [0.25, 0.3) is 0 Å². The molecule has 0 aromatic heterocycles. The van der Waals surface area contributed by atoms with Crippen molar-refractivity contribution in [2.24, 2.45) is 0 Å². The van der Waals surface area contributed by atoms with E-state index in [1.54, 1.807) is 0 Å². The van der Waals surface area contributed by atoms with Gasteiger partial charge in [-0.2, -0.15) is 0 Å². The molecular formula is C17H26N2O3. The van der Waals surface area contributed by atoms with E-state index < -0.39 is 0 Å². The Hall–Kier alpha value is -1.59. The molecule has 2 rings (SSSR count). The summed E-state index contributed by atoms with van der Waals surface area (Å²) in [7, 11) is 0. The minimum Gasteiger partial charge on any atom is -0.494 e. The molecule has 1 fully saturated rings. The molecule has 5 heteroatoms. The molecule has 1 heterocycles. The van der Waals surface area contributed by atoms with E-state index in [0.29, 0.717) is 18.7 Å². The van der Waals surface area contributed by atoms with Gasteiger partial charge in [-0.1, -0.05) is 6.92 Å². The van der Waals surface area contributed by atoms with Crippen molar-refractivity contribution < 1.29 is 14.3 Å². The van der Waals surface area contributed by atoms with Crippen molar-refractivity contribution in [3.05, 3.63) is 29.8 Å². The lowest BCUT2D eigenvalue weighted by atomic mass is 10.2. The summed E-state index contributed by atoms with van der Waals surface area (Å²) < 4.78 is 10.8. The van der Waals surface area contributed by atoms with Gasteiger partial charge in [-0.25, -0.2) is 0 Å². The van der Waals surface area contributed by atoms with Crippen molar-refractivity contribution >= 4 is 5.91 Å². The number of carbonyl (C=O) groups excluding carboxylic acids is 1. The van der Waals surface area contributed by atoms with E-state index in [9.17, 15) is 4.79 Å². The third-order valence-corrected chi connectivity index (χ3v) is 3.63. The van der Waals surface area contributed by atoms with Gasteiger partial charge in [-0.15, -0.1) is 0 Å². The summed E-state index contributed by atoms with van der Waals surface area (Å²) in [6.07, 6.45) is 1.94. The first-order valence-electron chi connectivity index (χ1n) is 8.10. The van der Waals surface area contributed by atoms with Gasteiger partial charge in [-0.3, -0.25) is 9.69 Å². The average Bonchev–Trinajstić information content (AvgIpc) is 2.58. The lowest BCUT2D eigenvalue weighted by Crippen LogP contribution is -2.38. The summed E-state index contributed by atoms with van der Waals surface area (Å²) in [4.78, 5) is 14.4. The number of amides is 1. The molecule has 0 radical (unpaired) electrons. The molecule has 1 N–H and O–H groups in total. The highest BCUT2D eigenvalue weighted by Crippen LogP contribution is 2.12. The molecule has 0 saturated carbocycles. The monoisotopic (exact) mass is 306 g/mol. The van der Waals surface area contributed by atoms with Crippen LogP contribution in [0, 0.1) is 0 Å². The second kappa shape index (κ2) is 9.43. The fourth-order valence-electron chi connectivity index (χ4n) is 2.35. The Labute approximate surface area is 132 Å². The summed E-state index contributed by atoms with van der Waals surface area (Å²) in [5.41, 5.74) is 0.676. The Kier molecular flexibility index (Phi) is 7.19. The zero-order chi connectivity index (χ0) is 15.6. The van der Waals surface area contributed by atoms with E-state index in [2.05, 4.69) is 17.1 Å². The minimum atomic E-state index is -0.0241. The first-order chi connectivity index (χ1) is 10.8. The van der Waals surface area contributed by atoms with Crippen LogP contribution in [0.15, 0.2) is 24.3 Å². The minimum absolute atomic E-state index is 0.0241. The molecule has 0 unspecified atom stereocenters. The lowest BCUT2D eigenvalue weighted by molar-refractivity contribution is 0.0374. The van der Waals surface area contributed by atoms with Crippen molar-refractivity contribution in [2.45, 2.75) is 19.8 Å². The summed E-state index contributed by atoms with van der Waals surface area (Å²) in [6.45, 7) is 8.10. The summed E-state index contributed by atoms with van der Waals surface area (Å²) in [5.74, 6) is 0.787. The zero-order valence-corrected chi connectivity index (χ0v) is 13.3. The lowest BCUT2D eigenvalue weighted by Gasteiger charge is -2.26. The van der Waals surface area contributed by atoms with E-state index in [0.717, 1.165) is 51.4 Å². The van der Waals surface area contributed by atoms with Crippen molar-refractivity contribution in [3.8, 4) is 5.75 Å². The molecule has 0 spiro atoms. The highest BCUT2D eigenvalue weighted by Gasteiger charge is 2.10. The quantitative estimate of drug-likeness (QED) is 0.746. The zero-order valence-electron chi connectivity index (χ0n) is 13.3. The van der Waals surface area contributed by atoms with Crippen LogP contribution in [0.5, 0.6) is 5.75 Å². The molecule has 5 nitrogen and oxygen atoms in total. The maximum Gasteiger partial charge on any atom is 0.251 e. The fourth-order valence-corrected chi connectivity index (χ4v) is 2.35. The first kappa shape index (κ1) is 16.8. The summed E-state index contributed by atoms with van der Waals surface area (Å²) in [5, 5.41) is 2.96. The SMILES string of the molecule is CCCOc1ccc(C(=O)NCCCN2CCOCC2)cc1. The van der Waals surface area contributed by atoms with Crippen molar-refractivity contribution in [1.82, 2.24) is 10.2 Å². The number of rotatable bonds is 8. The van der Waals surface area contributed by atoms with Crippen LogP contribution in [-0.4, -0.2) is 56.8 Å². The number of nitrogens with one attached hydrogen (secondary N) is 1. The number of nitrogens with zero attached hydrogens (tertiary/aromatic N) is 1. The highest BCUT2D eigenvalue weighted by atomic mass is 16.5. The van der Waals surface area contributed by atoms with Gasteiger partial charge in [0.05, 0.1) is 19.8 Å². The Morgan fingerprint density at radius 2 is 2.00 bits per heavy atom.